The number of anilines is 2. The van der Waals surface area contributed by atoms with Gasteiger partial charge in [-0.15, -0.1) is 0 Å². The van der Waals surface area contributed by atoms with Crippen LogP contribution in [-0.4, -0.2) is 58.4 Å². The standard InChI is InChI=1S/C12H16N6O3/c1-13-12-14-6-9(18(20)21)11(15-12)16-4-5-17-8(7-16)2-3-10(17)19/h6,8H,2-5,7H2,1H3,(H,13,14,15). The van der Waals surface area contributed by atoms with E-state index in [-0.39, 0.29) is 17.6 Å². The molecule has 9 heteroatoms. The zero-order valence-corrected chi connectivity index (χ0v) is 11.7. The van der Waals surface area contributed by atoms with Crippen molar-refractivity contribution in [3.05, 3.63) is 16.3 Å². The number of nitrogens with one attached hydrogen (secondary N) is 1. The molecule has 2 saturated heterocycles. The Morgan fingerprint density at radius 3 is 3.00 bits per heavy atom. The molecule has 9 nitrogen and oxygen atoms in total. The minimum absolute atomic E-state index is 0.105. The molecule has 0 spiro atoms. The van der Waals surface area contributed by atoms with E-state index in [1.54, 1.807) is 7.05 Å². The molecule has 0 bridgehead atoms. The normalized spacial score (nSPS) is 21.4. The number of carbonyl (C=O) groups excluding carboxylic acids is 1. The Balaban J connectivity index is 1.89. The SMILES string of the molecule is CNc1ncc([N+](=O)[O-])c(N2CCN3C(=O)CCC3C2)n1. The Hall–Kier alpha value is -2.45. The number of nitro groups is 1. The average Bonchev–Trinajstić information content (AvgIpc) is 2.87. The Labute approximate surface area is 121 Å². The lowest BCUT2D eigenvalue weighted by atomic mass is 10.1. The van der Waals surface area contributed by atoms with Crippen LogP contribution in [0.3, 0.4) is 0 Å². The number of carbonyl (C=O) groups is 1. The molecule has 1 aromatic rings. The third-order valence-corrected chi connectivity index (χ3v) is 3.96. The highest BCUT2D eigenvalue weighted by Gasteiger charge is 2.37. The zero-order valence-electron chi connectivity index (χ0n) is 11.7. The largest absolute Gasteiger partial charge is 0.357 e. The minimum Gasteiger partial charge on any atom is -0.357 e. The van der Waals surface area contributed by atoms with Gasteiger partial charge in [-0.1, -0.05) is 0 Å². The topological polar surface area (TPSA) is 104 Å². The molecular formula is C12H16N6O3. The van der Waals surface area contributed by atoms with Crippen LogP contribution in [0.2, 0.25) is 0 Å². The van der Waals surface area contributed by atoms with Crippen molar-refractivity contribution in [3.8, 4) is 0 Å². The summed E-state index contributed by atoms with van der Waals surface area (Å²) in [5.74, 6) is 0.839. The summed E-state index contributed by atoms with van der Waals surface area (Å²) >= 11 is 0. The maximum atomic E-state index is 11.7. The molecule has 2 aliphatic heterocycles. The van der Waals surface area contributed by atoms with E-state index in [0.29, 0.717) is 37.8 Å². The van der Waals surface area contributed by atoms with Crippen molar-refractivity contribution in [3.63, 3.8) is 0 Å². The van der Waals surface area contributed by atoms with E-state index in [2.05, 4.69) is 15.3 Å². The fraction of sp³-hybridized carbons (Fsp3) is 0.583. The van der Waals surface area contributed by atoms with E-state index >= 15 is 0 Å². The minimum atomic E-state index is -0.471. The van der Waals surface area contributed by atoms with Crippen LogP contribution in [0.5, 0.6) is 0 Å². The molecule has 0 saturated carbocycles. The summed E-state index contributed by atoms with van der Waals surface area (Å²) in [5.41, 5.74) is -0.105. The van der Waals surface area contributed by atoms with Crippen LogP contribution < -0.4 is 10.2 Å². The van der Waals surface area contributed by atoms with E-state index < -0.39 is 4.92 Å². The summed E-state index contributed by atoms with van der Waals surface area (Å²) in [6.45, 7) is 1.70. The van der Waals surface area contributed by atoms with E-state index in [1.807, 2.05) is 9.80 Å². The van der Waals surface area contributed by atoms with Crippen molar-refractivity contribution in [2.75, 3.05) is 36.9 Å². The van der Waals surface area contributed by atoms with E-state index in [4.69, 9.17) is 0 Å². The highest BCUT2D eigenvalue weighted by atomic mass is 16.6. The molecule has 0 aliphatic carbocycles. The lowest BCUT2D eigenvalue weighted by Gasteiger charge is -2.37. The molecule has 2 aliphatic rings. The van der Waals surface area contributed by atoms with Gasteiger partial charge in [-0.2, -0.15) is 4.98 Å². The van der Waals surface area contributed by atoms with Crippen LogP contribution in [0.25, 0.3) is 0 Å². The van der Waals surface area contributed by atoms with Gasteiger partial charge in [-0.05, 0) is 6.42 Å². The number of fused-ring (bicyclic) bond motifs is 1. The number of nitrogens with zero attached hydrogens (tertiary/aromatic N) is 5. The van der Waals surface area contributed by atoms with Crippen molar-refractivity contribution in [2.24, 2.45) is 0 Å². The fourth-order valence-electron chi connectivity index (χ4n) is 2.91. The van der Waals surface area contributed by atoms with Crippen molar-refractivity contribution >= 4 is 23.4 Å². The lowest BCUT2D eigenvalue weighted by Crippen LogP contribution is -2.51. The highest BCUT2D eigenvalue weighted by Crippen LogP contribution is 2.30. The predicted molar refractivity (Wildman–Crippen MR) is 75.2 cm³/mol. The van der Waals surface area contributed by atoms with Crippen LogP contribution >= 0.6 is 0 Å². The first-order chi connectivity index (χ1) is 10.1. The maximum Gasteiger partial charge on any atom is 0.329 e. The van der Waals surface area contributed by atoms with Gasteiger partial charge in [0.25, 0.3) is 0 Å². The second-order valence-corrected chi connectivity index (χ2v) is 5.14. The summed E-state index contributed by atoms with van der Waals surface area (Å²) in [7, 11) is 1.67. The summed E-state index contributed by atoms with van der Waals surface area (Å²) in [6.07, 6.45) is 2.58. The van der Waals surface area contributed by atoms with Gasteiger partial charge in [0.1, 0.15) is 6.20 Å². The van der Waals surface area contributed by atoms with Gasteiger partial charge in [0.15, 0.2) is 0 Å². The highest BCUT2D eigenvalue weighted by molar-refractivity contribution is 5.79. The molecule has 0 radical (unpaired) electrons. The second kappa shape index (κ2) is 5.15. The molecule has 3 heterocycles. The third kappa shape index (κ3) is 2.34. The molecule has 0 aromatic carbocycles. The van der Waals surface area contributed by atoms with Crippen LogP contribution in [-0.2, 0) is 4.79 Å². The Bertz CT molecular complexity index is 592. The predicted octanol–water partition coefficient (Wildman–Crippen LogP) is 0.237. The number of hydrogen-bond acceptors (Lipinski definition) is 7. The number of amides is 1. The Morgan fingerprint density at radius 1 is 1.48 bits per heavy atom. The lowest BCUT2D eigenvalue weighted by molar-refractivity contribution is -0.384. The molecule has 1 amide bonds. The summed E-state index contributed by atoms with van der Waals surface area (Å²) in [4.78, 5) is 34.2. The maximum absolute atomic E-state index is 11.7. The number of hydrogen-bond donors (Lipinski definition) is 1. The molecule has 2 fully saturated rings. The average molecular weight is 292 g/mol. The second-order valence-electron chi connectivity index (χ2n) is 5.14. The third-order valence-electron chi connectivity index (χ3n) is 3.96. The summed E-state index contributed by atoms with van der Waals surface area (Å²) in [5, 5.41) is 13.9. The number of aromatic nitrogens is 2. The quantitative estimate of drug-likeness (QED) is 0.628. The Morgan fingerprint density at radius 2 is 2.29 bits per heavy atom. The molecule has 1 atom stereocenters. The molecule has 1 N–H and O–H groups in total. The van der Waals surface area contributed by atoms with Gasteiger partial charge in [0.05, 0.1) is 4.92 Å². The van der Waals surface area contributed by atoms with Gasteiger partial charge >= 0.3 is 5.69 Å². The molecule has 112 valence electrons. The van der Waals surface area contributed by atoms with Crippen LogP contribution in [0.15, 0.2) is 6.20 Å². The smallest absolute Gasteiger partial charge is 0.329 e. The first-order valence-corrected chi connectivity index (χ1v) is 6.83. The first kappa shape index (κ1) is 13.5. The fourth-order valence-corrected chi connectivity index (χ4v) is 2.91. The van der Waals surface area contributed by atoms with Crippen LogP contribution in [0.4, 0.5) is 17.5 Å². The zero-order chi connectivity index (χ0) is 15.0. The molecule has 21 heavy (non-hydrogen) atoms. The number of piperazine rings is 1. The molecule has 1 unspecified atom stereocenters. The van der Waals surface area contributed by atoms with Crippen molar-refractivity contribution in [1.29, 1.82) is 0 Å². The van der Waals surface area contributed by atoms with Crippen molar-refractivity contribution in [2.45, 2.75) is 18.9 Å². The van der Waals surface area contributed by atoms with Crippen molar-refractivity contribution < 1.29 is 9.72 Å². The van der Waals surface area contributed by atoms with Gasteiger partial charge in [-0.25, -0.2) is 4.98 Å². The Kier molecular flexibility index (Phi) is 3.32. The van der Waals surface area contributed by atoms with E-state index in [9.17, 15) is 14.9 Å². The monoisotopic (exact) mass is 292 g/mol. The van der Waals surface area contributed by atoms with E-state index in [0.717, 1.165) is 6.42 Å². The van der Waals surface area contributed by atoms with Gasteiger partial charge in [-0.3, -0.25) is 14.9 Å². The molecule has 1 aromatic heterocycles. The number of rotatable bonds is 3. The van der Waals surface area contributed by atoms with Crippen LogP contribution in [0, 0.1) is 10.1 Å². The van der Waals surface area contributed by atoms with Gasteiger partial charge in [0.2, 0.25) is 17.7 Å². The molecular weight excluding hydrogens is 276 g/mol. The van der Waals surface area contributed by atoms with E-state index in [1.165, 1.54) is 6.20 Å². The van der Waals surface area contributed by atoms with Gasteiger partial charge < -0.3 is 15.1 Å². The summed E-state index contributed by atoms with van der Waals surface area (Å²) in [6, 6.07) is 0.124. The summed E-state index contributed by atoms with van der Waals surface area (Å²) < 4.78 is 0. The first-order valence-electron chi connectivity index (χ1n) is 6.83. The van der Waals surface area contributed by atoms with Crippen LogP contribution in [0.1, 0.15) is 12.8 Å². The van der Waals surface area contributed by atoms with Gasteiger partial charge in [0, 0.05) is 39.1 Å². The molecule has 3 rings (SSSR count). The van der Waals surface area contributed by atoms with Crippen molar-refractivity contribution in [1.82, 2.24) is 14.9 Å².